The zero-order chi connectivity index (χ0) is 17.4. The zero-order valence-electron chi connectivity index (χ0n) is 14.7. The molecule has 0 aliphatic heterocycles. The van der Waals surface area contributed by atoms with Crippen LogP contribution in [0.1, 0.15) is 58.3 Å². The standard InChI is InChI=1S/C19H28N2O3/c1-14(22)20-16-11-12-18(24-2)17(13-16)21-19(23)10-6-9-15-7-4-3-5-8-15/h11-13,15H,3-10H2,1-2H3,(H,20,22)(H,21,23). The number of hydrogen-bond acceptors (Lipinski definition) is 3. The molecule has 5 heteroatoms. The maximum Gasteiger partial charge on any atom is 0.224 e. The van der Waals surface area contributed by atoms with E-state index >= 15 is 0 Å². The van der Waals surface area contributed by atoms with Gasteiger partial charge in [0, 0.05) is 19.0 Å². The molecule has 1 fully saturated rings. The number of amides is 2. The number of carbonyl (C=O) groups excluding carboxylic acids is 2. The van der Waals surface area contributed by atoms with E-state index in [1.165, 1.54) is 39.0 Å². The Morgan fingerprint density at radius 3 is 2.58 bits per heavy atom. The van der Waals surface area contributed by atoms with Gasteiger partial charge in [0.2, 0.25) is 11.8 Å². The smallest absolute Gasteiger partial charge is 0.224 e. The number of anilines is 2. The number of carbonyl (C=O) groups is 2. The average Bonchev–Trinajstić information content (AvgIpc) is 2.55. The van der Waals surface area contributed by atoms with Crippen molar-refractivity contribution >= 4 is 23.2 Å². The van der Waals surface area contributed by atoms with Crippen LogP contribution in [0.15, 0.2) is 18.2 Å². The monoisotopic (exact) mass is 332 g/mol. The maximum absolute atomic E-state index is 12.2. The molecule has 2 N–H and O–H groups in total. The van der Waals surface area contributed by atoms with Gasteiger partial charge in [-0.1, -0.05) is 32.1 Å². The van der Waals surface area contributed by atoms with E-state index in [2.05, 4.69) is 10.6 Å². The van der Waals surface area contributed by atoms with Crippen LogP contribution in [0.25, 0.3) is 0 Å². The summed E-state index contributed by atoms with van der Waals surface area (Å²) < 4.78 is 5.28. The van der Waals surface area contributed by atoms with Crippen molar-refractivity contribution in [2.45, 2.75) is 58.3 Å². The number of ether oxygens (including phenoxy) is 1. The van der Waals surface area contributed by atoms with Crippen molar-refractivity contribution in [2.75, 3.05) is 17.7 Å². The Morgan fingerprint density at radius 2 is 1.92 bits per heavy atom. The second-order valence-electron chi connectivity index (χ2n) is 6.54. The Kier molecular flexibility index (Phi) is 7.09. The van der Waals surface area contributed by atoms with Crippen molar-refractivity contribution in [1.29, 1.82) is 0 Å². The van der Waals surface area contributed by atoms with Gasteiger partial charge in [-0.3, -0.25) is 9.59 Å². The molecule has 0 heterocycles. The quantitative estimate of drug-likeness (QED) is 0.780. The van der Waals surface area contributed by atoms with Crippen LogP contribution in [-0.4, -0.2) is 18.9 Å². The fourth-order valence-corrected chi connectivity index (χ4v) is 3.33. The molecule has 5 nitrogen and oxygen atoms in total. The van der Waals surface area contributed by atoms with Crippen LogP contribution >= 0.6 is 0 Å². The highest BCUT2D eigenvalue weighted by Gasteiger charge is 2.14. The van der Waals surface area contributed by atoms with Gasteiger partial charge in [-0.25, -0.2) is 0 Å². The predicted molar refractivity (Wildman–Crippen MR) is 96.4 cm³/mol. The summed E-state index contributed by atoms with van der Waals surface area (Å²) in [4.78, 5) is 23.4. The summed E-state index contributed by atoms with van der Waals surface area (Å²) in [5, 5.41) is 5.61. The van der Waals surface area contributed by atoms with Crippen LogP contribution in [0.5, 0.6) is 5.75 Å². The highest BCUT2D eigenvalue weighted by Crippen LogP contribution is 2.29. The van der Waals surface area contributed by atoms with Crippen LogP contribution < -0.4 is 15.4 Å². The predicted octanol–water partition coefficient (Wildman–Crippen LogP) is 4.34. The van der Waals surface area contributed by atoms with E-state index in [4.69, 9.17) is 4.74 Å². The molecule has 1 aliphatic carbocycles. The first-order valence-corrected chi connectivity index (χ1v) is 8.84. The van der Waals surface area contributed by atoms with E-state index in [0.29, 0.717) is 23.5 Å². The van der Waals surface area contributed by atoms with Crippen LogP contribution in [0, 0.1) is 5.92 Å². The second-order valence-corrected chi connectivity index (χ2v) is 6.54. The summed E-state index contributed by atoms with van der Waals surface area (Å²) in [7, 11) is 1.56. The van der Waals surface area contributed by atoms with Crippen molar-refractivity contribution < 1.29 is 14.3 Å². The second kappa shape index (κ2) is 9.30. The third-order valence-electron chi connectivity index (χ3n) is 4.53. The molecular weight excluding hydrogens is 304 g/mol. The summed E-state index contributed by atoms with van der Waals surface area (Å²) in [5.74, 6) is 1.22. The molecule has 1 aromatic rings. The molecule has 0 spiro atoms. The van der Waals surface area contributed by atoms with E-state index in [-0.39, 0.29) is 11.8 Å². The van der Waals surface area contributed by atoms with Crippen LogP contribution in [0.3, 0.4) is 0 Å². The average molecular weight is 332 g/mol. The van der Waals surface area contributed by atoms with Gasteiger partial charge in [-0.2, -0.15) is 0 Å². The number of nitrogens with one attached hydrogen (secondary N) is 2. The Morgan fingerprint density at radius 1 is 1.17 bits per heavy atom. The molecule has 0 atom stereocenters. The fourth-order valence-electron chi connectivity index (χ4n) is 3.33. The molecule has 1 aromatic carbocycles. The highest BCUT2D eigenvalue weighted by atomic mass is 16.5. The highest BCUT2D eigenvalue weighted by molar-refractivity contribution is 5.94. The van der Waals surface area contributed by atoms with Crippen LogP contribution in [0.4, 0.5) is 11.4 Å². The summed E-state index contributed by atoms with van der Waals surface area (Å²) >= 11 is 0. The molecule has 2 amide bonds. The van der Waals surface area contributed by atoms with Crippen LogP contribution in [-0.2, 0) is 9.59 Å². The molecule has 0 saturated heterocycles. The van der Waals surface area contributed by atoms with E-state index in [1.807, 2.05) is 0 Å². The van der Waals surface area contributed by atoms with E-state index < -0.39 is 0 Å². The molecule has 2 rings (SSSR count). The van der Waals surface area contributed by atoms with Crippen molar-refractivity contribution in [2.24, 2.45) is 5.92 Å². The number of rotatable bonds is 7. The lowest BCUT2D eigenvalue weighted by atomic mass is 9.86. The van der Waals surface area contributed by atoms with Crippen molar-refractivity contribution in [3.63, 3.8) is 0 Å². The van der Waals surface area contributed by atoms with Crippen molar-refractivity contribution in [1.82, 2.24) is 0 Å². The van der Waals surface area contributed by atoms with Crippen molar-refractivity contribution in [3.05, 3.63) is 18.2 Å². The van der Waals surface area contributed by atoms with Gasteiger partial charge in [0.15, 0.2) is 0 Å². The summed E-state index contributed by atoms with van der Waals surface area (Å²) in [6.45, 7) is 1.45. The topological polar surface area (TPSA) is 67.4 Å². The van der Waals surface area contributed by atoms with Crippen molar-refractivity contribution in [3.8, 4) is 5.75 Å². The minimum Gasteiger partial charge on any atom is -0.495 e. The summed E-state index contributed by atoms with van der Waals surface area (Å²) in [5.41, 5.74) is 1.23. The molecule has 24 heavy (non-hydrogen) atoms. The Bertz CT molecular complexity index is 566. The lowest BCUT2D eigenvalue weighted by molar-refractivity contribution is -0.116. The molecule has 0 bridgehead atoms. The fraction of sp³-hybridized carbons (Fsp3) is 0.579. The third-order valence-corrected chi connectivity index (χ3v) is 4.53. The summed E-state index contributed by atoms with van der Waals surface area (Å²) in [6, 6.07) is 5.21. The Labute approximate surface area is 144 Å². The Balaban J connectivity index is 1.86. The van der Waals surface area contributed by atoms with Gasteiger partial charge < -0.3 is 15.4 Å². The molecule has 0 radical (unpaired) electrons. The zero-order valence-corrected chi connectivity index (χ0v) is 14.7. The number of benzene rings is 1. The normalized spacial score (nSPS) is 14.9. The van der Waals surface area contributed by atoms with Gasteiger partial charge in [0.25, 0.3) is 0 Å². The largest absolute Gasteiger partial charge is 0.495 e. The lowest BCUT2D eigenvalue weighted by Crippen LogP contribution is -2.14. The number of methoxy groups -OCH3 is 1. The van der Waals surface area contributed by atoms with Gasteiger partial charge in [-0.05, 0) is 37.0 Å². The number of hydrogen-bond donors (Lipinski definition) is 2. The maximum atomic E-state index is 12.2. The summed E-state index contributed by atoms with van der Waals surface area (Å²) in [6.07, 6.45) is 9.24. The van der Waals surface area contributed by atoms with Gasteiger partial charge in [-0.15, -0.1) is 0 Å². The third kappa shape index (κ3) is 5.87. The minimum absolute atomic E-state index is 0.0101. The molecule has 1 aliphatic rings. The Hall–Kier alpha value is -2.04. The van der Waals surface area contributed by atoms with Crippen LogP contribution in [0.2, 0.25) is 0 Å². The molecule has 1 saturated carbocycles. The van der Waals surface area contributed by atoms with Gasteiger partial charge >= 0.3 is 0 Å². The SMILES string of the molecule is COc1ccc(NC(C)=O)cc1NC(=O)CCCC1CCCCC1. The van der Waals surface area contributed by atoms with Gasteiger partial charge in [0.05, 0.1) is 12.8 Å². The van der Waals surface area contributed by atoms with E-state index in [9.17, 15) is 9.59 Å². The molecule has 0 unspecified atom stereocenters. The minimum atomic E-state index is -0.148. The lowest BCUT2D eigenvalue weighted by Gasteiger charge is -2.21. The first-order valence-electron chi connectivity index (χ1n) is 8.84. The first-order chi connectivity index (χ1) is 11.6. The molecular formula is C19H28N2O3. The molecule has 0 aromatic heterocycles. The first kappa shape index (κ1) is 18.3. The van der Waals surface area contributed by atoms with E-state index in [1.54, 1.807) is 25.3 Å². The van der Waals surface area contributed by atoms with Gasteiger partial charge in [0.1, 0.15) is 5.75 Å². The van der Waals surface area contributed by atoms with E-state index in [0.717, 1.165) is 18.8 Å². The molecule has 132 valence electrons.